The molecule has 1 fully saturated rings. The number of urea groups is 1. The molecule has 5 nitrogen and oxygen atoms in total. The molecule has 18 heavy (non-hydrogen) atoms. The second-order valence-corrected chi connectivity index (χ2v) is 4.43. The number of hydrogen-bond acceptors (Lipinski definition) is 2. The predicted octanol–water partition coefficient (Wildman–Crippen LogP) is 2.08. The van der Waals surface area contributed by atoms with Crippen molar-refractivity contribution in [3.63, 3.8) is 0 Å². The normalized spacial score (nSPS) is 18.7. The van der Waals surface area contributed by atoms with Crippen LogP contribution in [0.4, 0.5) is 10.5 Å². The van der Waals surface area contributed by atoms with E-state index in [-0.39, 0.29) is 6.03 Å². The van der Waals surface area contributed by atoms with Gasteiger partial charge in [-0.2, -0.15) is 0 Å². The molecule has 2 N–H and O–H groups in total. The van der Waals surface area contributed by atoms with Gasteiger partial charge >= 0.3 is 12.0 Å². The van der Waals surface area contributed by atoms with Gasteiger partial charge in [0.15, 0.2) is 0 Å². The van der Waals surface area contributed by atoms with Gasteiger partial charge in [-0.15, -0.1) is 0 Å². The van der Waals surface area contributed by atoms with Gasteiger partial charge in [0, 0.05) is 12.2 Å². The Bertz CT molecular complexity index is 473. The Balaban J connectivity index is 2.08. The zero-order valence-electron chi connectivity index (χ0n) is 10.2. The number of para-hydroxylation sites is 1. The zero-order chi connectivity index (χ0) is 13.1. The largest absolute Gasteiger partial charge is 0.480 e. The Morgan fingerprint density at radius 1 is 1.39 bits per heavy atom. The molecule has 1 aromatic rings. The van der Waals surface area contributed by atoms with E-state index in [9.17, 15) is 9.59 Å². The molecule has 2 rings (SSSR count). The minimum Gasteiger partial charge on any atom is -0.480 e. The molecule has 1 aromatic carbocycles. The molecule has 0 aliphatic carbocycles. The first-order chi connectivity index (χ1) is 8.59. The molecule has 0 radical (unpaired) electrons. The Morgan fingerprint density at radius 3 is 2.78 bits per heavy atom. The van der Waals surface area contributed by atoms with Crippen LogP contribution in [-0.2, 0) is 4.79 Å². The van der Waals surface area contributed by atoms with E-state index in [2.05, 4.69) is 5.32 Å². The number of likely N-dealkylation sites (tertiary alicyclic amines) is 1. The molecule has 1 heterocycles. The molecule has 1 aliphatic heterocycles. The van der Waals surface area contributed by atoms with Crippen molar-refractivity contribution in [1.82, 2.24) is 4.90 Å². The van der Waals surface area contributed by atoms with Crippen LogP contribution >= 0.6 is 0 Å². The van der Waals surface area contributed by atoms with Gasteiger partial charge in [-0.25, -0.2) is 9.59 Å². The molecule has 5 heteroatoms. The number of anilines is 1. The van der Waals surface area contributed by atoms with Crippen molar-refractivity contribution in [2.45, 2.75) is 25.8 Å². The summed E-state index contributed by atoms with van der Waals surface area (Å²) >= 11 is 0. The van der Waals surface area contributed by atoms with Gasteiger partial charge in [-0.05, 0) is 31.4 Å². The van der Waals surface area contributed by atoms with Crippen LogP contribution < -0.4 is 5.32 Å². The second-order valence-electron chi connectivity index (χ2n) is 4.43. The summed E-state index contributed by atoms with van der Waals surface area (Å²) in [7, 11) is 0. The number of carboxylic acid groups (broad SMARTS) is 1. The summed E-state index contributed by atoms with van der Waals surface area (Å²) < 4.78 is 0. The number of nitrogens with zero attached hydrogens (tertiary/aromatic N) is 1. The Hall–Kier alpha value is -2.04. The average Bonchev–Trinajstić information content (AvgIpc) is 2.81. The lowest BCUT2D eigenvalue weighted by atomic mass is 10.2. The molecule has 1 atom stereocenters. The quantitative estimate of drug-likeness (QED) is 0.841. The molecule has 1 aliphatic rings. The first-order valence-corrected chi connectivity index (χ1v) is 5.95. The Morgan fingerprint density at radius 2 is 2.11 bits per heavy atom. The fourth-order valence-corrected chi connectivity index (χ4v) is 2.17. The van der Waals surface area contributed by atoms with Gasteiger partial charge in [0.05, 0.1) is 0 Å². The molecule has 1 unspecified atom stereocenters. The molecule has 0 spiro atoms. The van der Waals surface area contributed by atoms with E-state index < -0.39 is 12.0 Å². The van der Waals surface area contributed by atoms with Crippen LogP contribution in [0, 0.1) is 6.92 Å². The molecular weight excluding hydrogens is 232 g/mol. The topological polar surface area (TPSA) is 69.6 Å². The summed E-state index contributed by atoms with van der Waals surface area (Å²) in [5, 5.41) is 11.8. The minimum atomic E-state index is -0.938. The summed E-state index contributed by atoms with van der Waals surface area (Å²) in [6.45, 7) is 2.39. The number of rotatable bonds is 2. The number of carboxylic acids is 1. The van der Waals surface area contributed by atoms with Crippen molar-refractivity contribution in [2.75, 3.05) is 11.9 Å². The van der Waals surface area contributed by atoms with Crippen molar-refractivity contribution in [3.8, 4) is 0 Å². The van der Waals surface area contributed by atoms with Crippen LogP contribution in [0.15, 0.2) is 24.3 Å². The van der Waals surface area contributed by atoms with Gasteiger partial charge in [0.1, 0.15) is 6.04 Å². The summed E-state index contributed by atoms with van der Waals surface area (Å²) in [6, 6.07) is 6.39. The van der Waals surface area contributed by atoms with Crippen LogP contribution in [0.1, 0.15) is 18.4 Å². The number of carbonyl (C=O) groups excluding carboxylic acids is 1. The highest BCUT2D eigenvalue weighted by atomic mass is 16.4. The van der Waals surface area contributed by atoms with E-state index in [0.717, 1.165) is 17.7 Å². The van der Waals surface area contributed by atoms with Gasteiger partial charge < -0.3 is 15.3 Å². The Labute approximate surface area is 105 Å². The van der Waals surface area contributed by atoms with Crippen molar-refractivity contribution in [2.24, 2.45) is 0 Å². The molecule has 0 aromatic heterocycles. The van der Waals surface area contributed by atoms with E-state index in [4.69, 9.17) is 5.11 Å². The first-order valence-electron chi connectivity index (χ1n) is 5.95. The van der Waals surface area contributed by atoms with Crippen molar-refractivity contribution < 1.29 is 14.7 Å². The molecular formula is C13H16N2O3. The minimum absolute atomic E-state index is 0.339. The average molecular weight is 248 g/mol. The van der Waals surface area contributed by atoms with E-state index >= 15 is 0 Å². The number of aryl methyl sites for hydroxylation is 1. The predicted molar refractivity (Wildman–Crippen MR) is 67.6 cm³/mol. The lowest BCUT2D eigenvalue weighted by molar-refractivity contribution is -0.141. The standard InChI is InChI=1S/C13H16N2O3/c1-9-5-2-3-6-10(9)14-13(18)15-8-4-7-11(15)12(16)17/h2-3,5-6,11H,4,7-8H2,1H3,(H,14,18)(H,16,17). The van der Waals surface area contributed by atoms with Crippen LogP contribution in [0.2, 0.25) is 0 Å². The van der Waals surface area contributed by atoms with Crippen molar-refractivity contribution in [1.29, 1.82) is 0 Å². The maximum atomic E-state index is 12.0. The SMILES string of the molecule is Cc1ccccc1NC(=O)N1CCCC1C(=O)O. The summed E-state index contributed by atoms with van der Waals surface area (Å²) in [6.07, 6.45) is 1.26. The summed E-state index contributed by atoms with van der Waals surface area (Å²) in [5.41, 5.74) is 1.68. The summed E-state index contributed by atoms with van der Waals surface area (Å²) in [5.74, 6) is -0.938. The van der Waals surface area contributed by atoms with Gasteiger partial charge in [0.25, 0.3) is 0 Å². The van der Waals surface area contributed by atoms with Crippen molar-refractivity contribution >= 4 is 17.7 Å². The fourth-order valence-electron chi connectivity index (χ4n) is 2.17. The third-order valence-corrected chi connectivity index (χ3v) is 3.19. The number of benzene rings is 1. The number of nitrogens with one attached hydrogen (secondary N) is 1. The van der Waals surface area contributed by atoms with Crippen LogP contribution in [0.25, 0.3) is 0 Å². The van der Waals surface area contributed by atoms with E-state index in [1.807, 2.05) is 25.1 Å². The number of carbonyl (C=O) groups is 2. The molecule has 1 saturated heterocycles. The second kappa shape index (κ2) is 5.08. The number of hydrogen-bond donors (Lipinski definition) is 2. The zero-order valence-corrected chi connectivity index (χ0v) is 10.2. The van der Waals surface area contributed by atoms with Gasteiger partial charge in [0.2, 0.25) is 0 Å². The van der Waals surface area contributed by atoms with Crippen LogP contribution in [0.3, 0.4) is 0 Å². The lowest BCUT2D eigenvalue weighted by Crippen LogP contribution is -2.42. The number of amides is 2. The third kappa shape index (κ3) is 2.45. The molecule has 96 valence electrons. The van der Waals surface area contributed by atoms with Gasteiger partial charge in [-0.3, -0.25) is 0 Å². The molecule has 0 saturated carbocycles. The highest BCUT2D eigenvalue weighted by Gasteiger charge is 2.33. The van der Waals surface area contributed by atoms with Crippen molar-refractivity contribution in [3.05, 3.63) is 29.8 Å². The van der Waals surface area contributed by atoms with E-state index in [1.165, 1.54) is 4.90 Å². The first kappa shape index (κ1) is 12.4. The van der Waals surface area contributed by atoms with E-state index in [1.54, 1.807) is 6.07 Å². The molecule has 0 bridgehead atoms. The highest BCUT2D eigenvalue weighted by Crippen LogP contribution is 2.20. The maximum Gasteiger partial charge on any atom is 0.326 e. The fraction of sp³-hybridized carbons (Fsp3) is 0.385. The summed E-state index contributed by atoms with van der Waals surface area (Å²) in [4.78, 5) is 24.4. The van der Waals surface area contributed by atoms with E-state index in [0.29, 0.717) is 13.0 Å². The van der Waals surface area contributed by atoms with Crippen LogP contribution in [0.5, 0.6) is 0 Å². The third-order valence-electron chi connectivity index (χ3n) is 3.19. The maximum absolute atomic E-state index is 12.0. The lowest BCUT2D eigenvalue weighted by Gasteiger charge is -2.22. The smallest absolute Gasteiger partial charge is 0.326 e. The van der Waals surface area contributed by atoms with Gasteiger partial charge in [-0.1, -0.05) is 18.2 Å². The monoisotopic (exact) mass is 248 g/mol. The number of aliphatic carboxylic acids is 1. The highest BCUT2D eigenvalue weighted by molar-refractivity contribution is 5.93. The molecule has 2 amide bonds. The van der Waals surface area contributed by atoms with Crippen LogP contribution in [-0.4, -0.2) is 34.6 Å². The Kier molecular flexibility index (Phi) is 3.50.